The molecular weight excluding hydrogens is 452 g/mol. The van der Waals surface area contributed by atoms with Crippen molar-refractivity contribution in [1.29, 1.82) is 0 Å². The number of fused-ring (bicyclic) bond motifs is 1. The molecule has 176 valence electrons. The van der Waals surface area contributed by atoms with E-state index in [1.165, 1.54) is 0 Å². The minimum atomic E-state index is -3.94. The van der Waals surface area contributed by atoms with Gasteiger partial charge in [0.1, 0.15) is 12.2 Å². The molecule has 1 aromatic rings. The van der Waals surface area contributed by atoms with E-state index in [2.05, 4.69) is 0 Å². The van der Waals surface area contributed by atoms with Crippen LogP contribution < -0.4 is 0 Å². The van der Waals surface area contributed by atoms with Crippen LogP contribution in [0, 0.1) is 5.92 Å². The Morgan fingerprint density at radius 3 is 2.32 bits per heavy atom. The zero-order chi connectivity index (χ0) is 22.9. The fraction of sp³-hybridized carbons (Fsp3) is 0.684. The summed E-state index contributed by atoms with van der Waals surface area (Å²) in [5, 5.41) is 0. The fourth-order valence-electron chi connectivity index (χ4n) is 3.63. The summed E-state index contributed by atoms with van der Waals surface area (Å²) in [5.41, 5.74) is 0.961. The van der Waals surface area contributed by atoms with E-state index in [1.807, 2.05) is 30.3 Å². The summed E-state index contributed by atoms with van der Waals surface area (Å²) < 4.78 is 80.0. The molecule has 0 unspecified atom stereocenters. The van der Waals surface area contributed by atoms with Crippen molar-refractivity contribution in [2.45, 2.75) is 50.8 Å². The maximum atomic E-state index is 11.8. The van der Waals surface area contributed by atoms with Gasteiger partial charge in [0.05, 0.1) is 38.4 Å². The molecular formula is C19H28O10S2. The molecule has 0 radical (unpaired) electrons. The van der Waals surface area contributed by atoms with Crippen LogP contribution in [0.1, 0.15) is 19.4 Å². The molecule has 0 spiro atoms. The lowest BCUT2D eigenvalue weighted by Crippen LogP contribution is -2.44. The average Bonchev–Trinajstić information content (AvgIpc) is 3.10. The van der Waals surface area contributed by atoms with Crippen LogP contribution in [0.25, 0.3) is 0 Å². The van der Waals surface area contributed by atoms with E-state index >= 15 is 0 Å². The Morgan fingerprint density at radius 2 is 1.71 bits per heavy atom. The summed E-state index contributed by atoms with van der Waals surface area (Å²) in [6.07, 6.45) is -1.75. The van der Waals surface area contributed by atoms with E-state index in [9.17, 15) is 16.8 Å². The lowest BCUT2D eigenvalue weighted by molar-refractivity contribution is -0.222. The Labute approximate surface area is 183 Å². The molecule has 2 heterocycles. The maximum Gasteiger partial charge on any atom is 0.264 e. The van der Waals surface area contributed by atoms with Gasteiger partial charge in [-0.2, -0.15) is 16.8 Å². The molecule has 3 rings (SSSR count). The predicted octanol–water partition coefficient (Wildman–Crippen LogP) is 1.02. The zero-order valence-corrected chi connectivity index (χ0v) is 19.4. The Balaban J connectivity index is 1.78. The van der Waals surface area contributed by atoms with Gasteiger partial charge in [-0.15, -0.1) is 0 Å². The van der Waals surface area contributed by atoms with Gasteiger partial charge >= 0.3 is 0 Å². The first kappa shape index (κ1) is 24.5. The Bertz CT molecular complexity index is 945. The number of hydrogen-bond acceptors (Lipinski definition) is 10. The monoisotopic (exact) mass is 480 g/mol. The highest BCUT2D eigenvalue weighted by molar-refractivity contribution is 7.86. The summed E-state index contributed by atoms with van der Waals surface area (Å²) in [6, 6.07) is 9.52. The second kappa shape index (κ2) is 9.40. The quantitative estimate of drug-likeness (QED) is 0.448. The highest BCUT2D eigenvalue weighted by atomic mass is 32.2. The van der Waals surface area contributed by atoms with Crippen LogP contribution in [0.4, 0.5) is 0 Å². The average molecular weight is 481 g/mol. The van der Waals surface area contributed by atoms with Crippen LogP contribution in [-0.2, 0) is 54.2 Å². The highest BCUT2D eigenvalue weighted by Gasteiger charge is 2.57. The fourth-order valence-corrected chi connectivity index (χ4v) is 4.62. The second-order valence-corrected chi connectivity index (χ2v) is 11.3. The molecule has 2 saturated heterocycles. The minimum Gasteiger partial charge on any atom is -0.376 e. The Hall–Kier alpha value is -1.12. The van der Waals surface area contributed by atoms with Gasteiger partial charge in [-0.3, -0.25) is 8.37 Å². The topological polar surface area (TPSA) is 124 Å². The summed E-state index contributed by atoms with van der Waals surface area (Å²) in [6.45, 7) is 3.39. The summed E-state index contributed by atoms with van der Waals surface area (Å²) in [7, 11) is -7.78. The van der Waals surface area contributed by atoms with E-state index in [1.54, 1.807) is 13.8 Å². The van der Waals surface area contributed by atoms with Crippen LogP contribution in [-0.4, -0.2) is 72.9 Å². The molecule has 2 fully saturated rings. The van der Waals surface area contributed by atoms with Crippen LogP contribution in [0.5, 0.6) is 0 Å². The molecule has 5 atom stereocenters. The van der Waals surface area contributed by atoms with Crippen LogP contribution in [0.15, 0.2) is 30.3 Å². The molecule has 10 nitrogen and oxygen atoms in total. The molecule has 31 heavy (non-hydrogen) atoms. The van der Waals surface area contributed by atoms with Gasteiger partial charge in [0.15, 0.2) is 12.1 Å². The van der Waals surface area contributed by atoms with Crippen molar-refractivity contribution in [2.24, 2.45) is 5.92 Å². The van der Waals surface area contributed by atoms with Crippen molar-refractivity contribution >= 4 is 20.2 Å². The Kier molecular flexibility index (Phi) is 7.43. The molecule has 0 saturated carbocycles. The molecule has 0 aliphatic carbocycles. The highest BCUT2D eigenvalue weighted by Crippen LogP contribution is 2.42. The molecule has 1 aromatic carbocycles. The smallest absolute Gasteiger partial charge is 0.264 e. The van der Waals surface area contributed by atoms with Gasteiger partial charge in [0.2, 0.25) is 0 Å². The van der Waals surface area contributed by atoms with Gasteiger partial charge < -0.3 is 18.9 Å². The molecule has 12 heteroatoms. The SMILES string of the molecule is CC1(C)O[C@H]2O[C@H]([C@@H](COS(C)(=O)=O)OS(C)(=O)=O)[C@@H](COCc3ccccc3)[C@H]2O1. The molecule has 0 N–H and O–H groups in total. The number of ether oxygens (including phenoxy) is 4. The summed E-state index contributed by atoms with van der Waals surface area (Å²) in [4.78, 5) is 0. The standard InChI is InChI=1S/C19H28O10S2/c1-19(2)27-17-14(11-24-10-13-8-6-5-7-9-13)16(26-18(17)28-19)15(29-31(4,22)23)12-25-30(3,20)21/h5-9,14-18H,10-12H2,1-4H3/t14-,15-,16+,17-,18-/m1/s1. The summed E-state index contributed by atoms with van der Waals surface area (Å²) in [5.74, 6) is -1.39. The van der Waals surface area contributed by atoms with E-state index in [0.717, 1.165) is 18.1 Å². The number of rotatable bonds is 10. The first-order chi connectivity index (χ1) is 14.3. The van der Waals surface area contributed by atoms with Gasteiger partial charge in [-0.25, -0.2) is 0 Å². The van der Waals surface area contributed by atoms with E-state index in [-0.39, 0.29) is 6.61 Å². The third kappa shape index (κ3) is 7.19. The van der Waals surface area contributed by atoms with E-state index in [0.29, 0.717) is 6.61 Å². The first-order valence-corrected chi connectivity index (χ1v) is 13.3. The second-order valence-electron chi connectivity index (χ2n) is 8.06. The van der Waals surface area contributed by atoms with E-state index < -0.39 is 63.2 Å². The van der Waals surface area contributed by atoms with Crippen molar-refractivity contribution in [3.05, 3.63) is 35.9 Å². The van der Waals surface area contributed by atoms with Gasteiger partial charge in [0.25, 0.3) is 20.2 Å². The zero-order valence-electron chi connectivity index (χ0n) is 17.8. The first-order valence-electron chi connectivity index (χ1n) is 9.68. The maximum absolute atomic E-state index is 11.8. The number of benzene rings is 1. The third-order valence-corrected chi connectivity index (χ3v) is 5.92. The molecule has 2 aliphatic rings. The van der Waals surface area contributed by atoms with Crippen LogP contribution >= 0.6 is 0 Å². The van der Waals surface area contributed by atoms with Crippen molar-refractivity contribution < 1.29 is 44.1 Å². The van der Waals surface area contributed by atoms with Gasteiger partial charge in [-0.1, -0.05) is 30.3 Å². The Morgan fingerprint density at radius 1 is 1.03 bits per heavy atom. The van der Waals surface area contributed by atoms with Crippen molar-refractivity contribution in [3.63, 3.8) is 0 Å². The minimum absolute atomic E-state index is 0.142. The normalized spacial score (nSPS) is 29.0. The molecule has 2 aliphatic heterocycles. The van der Waals surface area contributed by atoms with Gasteiger partial charge in [-0.05, 0) is 19.4 Å². The number of hydrogen-bond donors (Lipinski definition) is 0. The largest absolute Gasteiger partial charge is 0.376 e. The predicted molar refractivity (Wildman–Crippen MR) is 109 cm³/mol. The molecule has 0 bridgehead atoms. The van der Waals surface area contributed by atoms with Crippen LogP contribution in [0.3, 0.4) is 0 Å². The third-order valence-electron chi connectivity index (χ3n) is 4.76. The molecule has 0 aromatic heterocycles. The lowest BCUT2D eigenvalue weighted by Gasteiger charge is -2.30. The van der Waals surface area contributed by atoms with Crippen molar-refractivity contribution in [1.82, 2.24) is 0 Å². The van der Waals surface area contributed by atoms with Crippen LogP contribution in [0.2, 0.25) is 0 Å². The van der Waals surface area contributed by atoms with E-state index in [4.69, 9.17) is 27.3 Å². The molecule has 0 amide bonds. The lowest BCUT2D eigenvalue weighted by atomic mass is 9.95. The van der Waals surface area contributed by atoms with Crippen molar-refractivity contribution in [3.8, 4) is 0 Å². The van der Waals surface area contributed by atoms with Crippen molar-refractivity contribution in [2.75, 3.05) is 25.7 Å². The van der Waals surface area contributed by atoms with Gasteiger partial charge in [0, 0.05) is 5.92 Å². The summed E-state index contributed by atoms with van der Waals surface area (Å²) >= 11 is 0.